The SMILES string of the molecule is OC1(CNCc2cccc(-c3cccnc3)c2)CCSCC1. The number of aliphatic hydroxyl groups is 1. The molecule has 0 radical (unpaired) electrons. The van der Waals surface area contributed by atoms with Crippen LogP contribution in [0.2, 0.25) is 0 Å². The summed E-state index contributed by atoms with van der Waals surface area (Å²) < 4.78 is 0. The van der Waals surface area contributed by atoms with E-state index in [1.807, 2.05) is 24.0 Å². The highest BCUT2D eigenvalue weighted by atomic mass is 32.2. The molecule has 0 bridgehead atoms. The van der Waals surface area contributed by atoms with Gasteiger partial charge in [0.05, 0.1) is 5.60 Å². The Hall–Kier alpha value is -1.36. The fraction of sp³-hybridized carbons (Fsp3) is 0.389. The smallest absolute Gasteiger partial charge is 0.0787 e. The number of rotatable bonds is 5. The maximum absolute atomic E-state index is 10.5. The van der Waals surface area contributed by atoms with Gasteiger partial charge < -0.3 is 10.4 Å². The van der Waals surface area contributed by atoms with Gasteiger partial charge in [0.25, 0.3) is 0 Å². The molecule has 0 atom stereocenters. The summed E-state index contributed by atoms with van der Waals surface area (Å²) in [6.45, 7) is 1.45. The van der Waals surface area contributed by atoms with Gasteiger partial charge in [0.1, 0.15) is 0 Å². The summed E-state index contributed by atoms with van der Waals surface area (Å²) in [5.41, 5.74) is 3.02. The summed E-state index contributed by atoms with van der Waals surface area (Å²) in [6.07, 6.45) is 5.45. The average molecular weight is 314 g/mol. The van der Waals surface area contributed by atoms with Crippen molar-refractivity contribution in [2.75, 3.05) is 18.1 Å². The molecule has 2 heterocycles. The minimum atomic E-state index is -0.522. The van der Waals surface area contributed by atoms with Gasteiger partial charge in [-0.05, 0) is 53.2 Å². The molecule has 1 aliphatic heterocycles. The Morgan fingerprint density at radius 1 is 1.14 bits per heavy atom. The van der Waals surface area contributed by atoms with Crippen molar-refractivity contribution < 1.29 is 5.11 Å². The van der Waals surface area contributed by atoms with E-state index < -0.39 is 5.60 Å². The molecule has 0 saturated carbocycles. The van der Waals surface area contributed by atoms with E-state index in [2.05, 4.69) is 40.6 Å². The molecule has 1 aromatic carbocycles. The van der Waals surface area contributed by atoms with Gasteiger partial charge in [-0.15, -0.1) is 0 Å². The highest BCUT2D eigenvalue weighted by Gasteiger charge is 2.28. The first kappa shape index (κ1) is 15.5. The van der Waals surface area contributed by atoms with Gasteiger partial charge >= 0.3 is 0 Å². The summed E-state index contributed by atoms with van der Waals surface area (Å²) in [7, 11) is 0. The second-order valence-corrected chi connectivity index (χ2v) is 7.11. The minimum absolute atomic E-state index is 0.522. The van der Waals surface area contributed by atoms with Gasteiger partial charge in [-0.3, -0.25) is 4.98 Å². The van der Waals surface area contributed by atoms with E-state index in [1.54, 1.807) is 6.20 Å². The van der Waals surface area contributed by atoms with Crippen LogP contribution < -0.4 is 5.32 Å². The van der Waals surface area contributed by atoms with Crippen LogP contribution in [0.5, 0.6) is 0 Å². The van der Waals surface area contributed by atoms with E-state index in [4.69, 9.17) is 0 Å². The number of pyridine rings is 1. The zero-order valence-corrected chi connectivity index (χ0v) is 13.5. The zero-order chi connectivity index (χ0) is 15.3. The number of thioether (sulfide) groups is 1. The van der Waals surface area contributed by atoms with Crippen LogP contribution in [0.1, 0.15) is 18.4 Å². The van der Waals surface area contributed by atoms with E-state index in [-0.39, 0.29) is 0 Å². The summed E-state index contributed by atoms with van der Waals surface area (Å²) in [5.74, 6) is 2.13. The van der Waals surface area contributed by atoms with Crippen LogP contribution in [-0.2, 0) is 6.54 Å². The lowest BCUT2D eigenvalue weighted by Crippen LogP contribution is -2.43. The highest BCUT2D eigenvalue weighted by Crippen LogP contribution is 2.26. The number of benzene rings is 1. The Kier molecular flexibility index (Phi) is 5.13. The third-order valence-electron chi connectivity index (χ3n) is 4.13. The molecule has 1 fully saturated rings. The van der Waals surface area contributed by atoms with Crippen molar-refractivity contribution in [3.8, 4) is 11.1 Å². The Morgan fingerprint density at radius 2 is 1.95 bits per heavy atom. The second-order valence-electron chi connectivity index (χ2n) is 5.88. The van der Waals surface area contributed by atoms with Crippen LogP contribution >= 0.6 is 11.8 Å². The van der Waals surface area contributed by atoms with Crippen LogP contribution in [0.3, 0.4) is 0 Å². The molecule has 4 heteroatoms. The minimum Gasteiger partial charge on any atom is -0.389 e. The second kappa shape index (κ2) is 7.27. The van der Waals surface area contributed by atoms with E-state index in [1.165, 1.54) is 11.1 Å². The topological polar surface area (TPSA) is 45.1 Å². The first-order valence-corrected chi connectivity index (χ1v) is 8.91. The Morgan fingerprint density at radius 3 is 2.73 bits per heavy atom. The standard InChI is InChI=1S/C18H22N2OS/c21-18(6-9-22-10-7-18)14-20-12-15-3-1-4-16(11-15)17-5-2-8-19-13-17/h1-5,8,11,13,20-21H,6-7,9-10,12,14H2. The molecule has 1 aliphatic rings. The number of hydrogen-bond donors (Lipinski definition) is 2. The number of aromatic nitrogens is 1. The summed E-state index contributed by atoms with van der Waals surface area (Å²) >= 11 is 1.93. The third-order valence-corrected chi connectivity index (χ3v) is 5.11. The number of hydrogen-bond acceptors (Lipinski definition) is 4. The molecule has 1 aromatic heterocycles. The molecule has 2 aromatic rings. The fourth-order valence-corrected chi connectivity index (χ4v) is 4.01. The highest BCUT2D eigenvalue weighted by molar-refractivity contribution is 7.99. The fourth-order valence-electron chi connectivity index (χ4n) is 2.76. The third kappa shape index (κ3) is 4.09. The lowest BCUT2D eigenvalue weighted by molar-refractivity contribution is 0.0320. The van der Waals surface area contributed by atoms with Gasteiger partial charge in [-0.2, -0.15) is 11.8 Å². The maximum atomic E-state index is 10.5. The van der Waals surface area contributed by atoms with E-state index in [0.29, 0.717) is 6.54 Å². The van der Waals surface area contributed by atoms with Gasteiger partial charge in [0, 0.05) is 25.5 Å². The molecule has 2 N–H and O–H groups in total. The van der Waals surface area contributed by atoms with Crippen LogP contribution in [0.4, 0.5) is 0 Å². The van der Waals surface area contributed by atoms with Crippen molar-refractivity contribution in [3.63, 3.8) is 0 Å². The number of nitrogens with one attached hydrogen (secondary N) is 1. The first-order chi connectivity index (χ1) is 10.8. The van der Waals surface area contributed by atoms with E-state index >= 15 is 0 Å². The van der Waals surface area contributed by atoms with Crippen molar-refractivity contribution >= 4 is 11.8 Å². The molecule has 0 aliphatic carbocycles. The normalized spacial score (nSPS) is 17.3. The lowest BCUT2D eigenvalue weighted by Gasteiger charge is -2.32. The van der Waals surface area contributed by atoms with Crippen molar-refractivity contribution in [2.24, 2.45) is 0 Å². The molecule has 116 valence electrons. The summed E-state index contributed by atoms with van der Waals surface area (Å²) in [5, 5.41) is 13.9. The summed E-state index contributed by atoms with van der Waals surface area (Å²) in [4.78, 5) is 4.17. The quantitative estimate of drug-likeness (QED) is 0.890. The van der Waals surface area contributed by atoms with E-state index in [0.717, 1.165) is 36.5 Å². The van der Waals surface area contributed by atoms with Crippen molar-refractivity contribution in [3.05, 3.63) is 54.4 Å². The maximum Gasteiger partial charge on any atom is 0.0787 e. The van der Waals surface area contributed by atoms with Crippen LogP contribution in [-0.4, -0.2) is 33.7 Å². The molecule has 3 rings (SSSR count). The Bertz CT molecular complexity index is 597. The largest absolute Gasteiger partial charge is 0.389 e. The molecular formula is C18H22N2OS. The molecule has 0 unspecified atom stereocenters. The predicted molar refractivity (Wildman–Crippen MR) is 92.9 cm³/mol. The Balaban J connectivity index is 1.59. The van der Waals surface area contributed by atoms with Gasteiger partial charge in [0.15, 0.2) is 0 Å². The number of nitrogens with zero attached hydrogens (tertiary/aromatic N) is 1. The molecule has 1 saturated heterocycles. The van der Waals surface area contributed by atoms with Gasteiger partial charge in [-0.1, -0.05) is 24.3 Å². The van der Waals surface area contributed by atoms with Crippen molar-refractivity contribution in [1.29, 1.82) is 0 Å². The first-order valence-electron chi connectivity index (χ1n) is 7.75. The molecule has 3 nitrogen and oxygen atoms in total. The lowest BCUT2D eigenvalue weighted by atomic mass is 9.96. The molecule has 22 heavy (non-hydrogen) atoms. The monoisotopic (exact) mass is 314 g/mol. The Labute approximate surface area is 136 Å². The van der Waals surface area contributed by atoms with E-state index in [9.17, 15) is 5.11 Å². The van der Waals surface area contributed by atoms with Crippen LogP contribution in [0, 0.1) is 0 Å². The molecular weight excluding hydrogens is 292 g/mol. The van der Waals surface area contributed by atoms with Gasteiger partial charge in [0.2, 0.25) is 0 Å². The van der Waals surface area contributed by atoms with Crippen molar-refractivity contribution in [1.82, 2.24) is 10.3 Å². The van der Waals surface area contributed by atoms with Crippen molar-refractivity contribution in [2.45, 2.75) is 25.0 Å². The van der Waals surface area contributed by atoms with Crippen LogP contribution in [0.15, 0.2) is 48.8 Å². The summed E-state index contributed by atoms with van der Waals surface area (Å²) in [6, 6.07) is 12.5. The van der Waals surface area contributed by atoms with Crippen LogP contribution in [0.25, 0.3) is 11.1 Å². The predicted octanol–water partition coefficient (Wildman–Crippen LogP) is 3.10. The zero-order valence-electron chi connectivity index (χ0n) is 12.7. The molecule has 0 amide bonds. The average Bonchev–Trinajstić information content (AvgIpc) is 2.56. The molecule has 0 spiro atoms. The van der Waals surface area contributed by atoms with Gasteiger partial charge in [-0.25, -0.2) is 0 Å².